The van der Waals surface area contributed by atoms with E-state index in [0.717, 1.165) is 56.5 Å². The van der Waals surface area contributed by atoms with Crippen LogP contribution in [0.5, 0.6) is 0 Å². The van der Waals surface area contributed by atoms with Crippen LogP contribution in [0.3, 0.4) is 0 Å². The fourth-order valence-corrected chi connectivity index (χ4v) is 12.6. The zero-order valence-electron chi connectivity index (χ0n) is 40.2. The van der Waals surface area contributed by atoms with Crippen molar-refractivity contribution in [1.82, 2.24) is 9.47 Å². The predicted octanol–water partition coefficient (Wildman–Crippen LogP) is 16.4. The summed E-state index contributed by atoms with van der Waals surface area (Å²) in [5.41, 5.74) is 21.1. The Morgan fingerprint density at radius 1 is 0.629 bits per heavy atom. The first-order valence-corrected chi connectivity index (χ1v) is 25.6. The van der Waals surface area contributed by atoms with E-state index >= 15 is 0 Å². The van der Waals surface area contributed by atoms with Crippen LogP contribution in [0.25, 0.3) is 50.4 Å². The van der Waals surface area contributed by atoms with E-state index in [1.165, 1.54) is 95.0 Å². The Hall–Kier alpha value is -7.69. The molecule has 4 nitrogen and oxygen atoms in total. The largest absolute Gasteiger partial charge is 0.349 e. The van der Waals surface area contributed by atoms with Gasteiger partial charge in [0.05, 0.1) is 23.1 Å². The van der Waals surface area contributed by atoms with E-state index in [4.69, 9.17) is 4.99 Å². The SMILES string of the molecule is CC1C=CC=CC1C1=CC(c2ccccc2)N(C)C(c2ccc(C3CC=C(N4C5=C(C=CCC5)c5c(c6c(n5-c5ccccc5-c5ccccc5)C=CCC6)-c5ccccc54)CC3)c3ccccc23)=N1. The van der Waals surface area contributed by atoms with Crippen molar-refractivity contribution in [1.29, 1.82) is 0 Å². The minimum atomic E-state index is 0.0813. The van der Waals surface area contributed by atoms with Crippen molar-refractivity contribution < 1.29 is 0 Å². The normalized spacial score (nSPS) is 21.4. The average Bonchev–Trinajstić information content (AvgIpc) is 3.70. The van der Waals surface area contributed by atoms with Crippen LogP contribution in [0, 0.1) is 11.8 Å². The molecular formula is C66H58N4. The summed E-state index contributed by atoms with van der Waals surface area (Å²) in [6, 6.07) is 54.2. The Morgan fingerprint density at radius 3 is 2.16 bits per heavy atom. The third-order valence-corrected chi connectivity index (χ3v) is 16.0. The molecule has 4 aliphatic carbocycles. The maximum Gasteiger partial charge on any atom is 0.137 e. The lowest BCUT2D eigenvalue weighted by Gasteiger charge is -2.37. The zero-order chi connectivity index (χ0) is 46.7. The Morgan fingerprint density at radius 2 is 1.34 bits per heavy atom. The van der Waals surface area contributed by atoms with Gasteiger partial charge in [0.1, 0.15) is 5.84 Å². The van der Waals surface area contributed by atoms with E-state index in [1.807, 2.05) is 0 Å². The van der Waals surface area contributed by atoms with Crippen molar-refractivity contribution in [2.75, 3.05) is 11.9 Å². The molecule has 1 aromatic heterocycles. The van der Waals surface area contributed by atoms with Crippen LogP contribution in [0.15, 0.2) is 222 Å². The standard InChI is InChI=1S/C66H58N4/c1-44-21-9-10-26-49(44)58-43-63(47-24-7-4-8-25-47)68(2)66(67-58)54-42-41-50(52-28-11-12-29-53(52)54)46-37-39-48(40-38-46)69-60-34-18-14-30-55(60)64-56-31-15-19-35-61(56)70(65(64)57-32-16-20-36-62(57)69)59-33-17-13-27-51(59)45-22-5-3-6-23-45/h3-14,16-19,21-30,32-35,39,41-44,46,49,63H,15,20,31,36-38,40H2,1-2H3. The number of likely N-dealkylation sites (N-methyl/N-ethyl adjacent to an activating group) is 1. The van der Waals surface area contributed by atoms with E-state index in [1.54, 1.807) is 0 Å². The molecule has 4 atom stereocenters. The van der Waals surface area contributed by atoms with E-state index in [-0.39, 0.29) is 12.0 Å². The van der Waals surface area contributed by atoms with Gasteiger partial charge in [0, 0.05) is 63.6 Å². The molecule has 0 fully saturated rings. The number of benzene rings is 6. The number of aliphatic imine (C=N–C) groups is 1. The molecule has 4 heteroatoms. The molecule has 0 radical (unpaired) electrons. The fourth-order valence-electron chi connectivity index (χ4n) is 12.6. The lowest BCUT2D eigenvalue weighted by atomic mass is 9.82. The van der Waals surface area contributed by atoms with Crippen molar-refractivity contribution in [2.45, 2.75) is 63.8 Å². The molecule has 0 amide bonds. The zero-order valence-corrected chi connectivity index (χ0v) is 40.2. The molecule has 13 rings (SSSR count). The summed E-state index contributed by atoms with van der Waals surface area (Å²) >= 11 is 0. The molecule has 342 valence electrons. The molecule has 7 aromatic rings. The summed E-state index contributed by atoms with van der Waals surface area (Å²) in [5.74, 6) is 2.04. The number of aromatic nitrogens is 1. The van der Waals surface area contributed by atoms with Gasteiger partial charge in [-0.2, -0.15) is 0 Å². The van der Waals surface area contributed by atoms with Gasteiger partial charge in [-0.25, -0.2) is 4.99 Å². The van der Waals surface area contributed by atoms with Gasteiger partial charge in [-0.3, -0.25) is 0 Å². The molecule has 0 spiro atoms. The van der Waals surface area contributed by atoms with Crippen LogP contribution in [-0.4, -0.2) is 22.4 Å². The van der Waals surface area contributed by atoms with Crippen molar-refractivity contribution in [3.63, 3.8) is 0 Å². The van der Waals surface area contributed by atoms with Crippen molar-refractivity contribution in [3.8, 4) is 27.9 Å². The second kappa shape index (κ2) is 17.7. The maximum absolute atomic E-state index is 5.56. The van der Waals surface area contributed by atoms with E-state index in [0.29, 0.717) is 11.8 Å². The first-order valence-electron chi connectivity index (χ1n) is 25.6. The minimum absolute atomic E-state index is 0.0813. The van der Waals surface area contributed by atoms with Crippen LogP contribution < -0.4 is 4.90 Å². The molecule has 3 heterocycles. The van der Waals surface area contributed by atoms with Crippen LogP contribution >= 0.6 is 0 Å². The first kappa shape index (κ1) is 42.4. The summed E-state index contributed by atoms with van der Waals surface area (Å²) in [4.78, 5) is 10.7. The minimum Gasteiger partial charge on any atom is -0.349 e. The van der Waals surface area contributed by atoms with Crippen LogP contribution in [-0.2, 0) is 6.42 Å². The molecule has 0 saturated heterocycles. The van der Waals surface area contributed by atoms with Crippen molar-refractivity contribution >= 4 is 33.9 Å². The van der Waals surface area contributed by atoms with Gasteiger partial charge >= 0.3 is 0 Å². The van der Waals surface area contributed by atoms with Crippen molar-refractivity contribution in [2.24, 2.45) is 16.8 Å². The number of hydrogen-bond donors (Lipinski definition) is 0. The fraction of sp³-hybridized carbons (Fsp3) is 0.197. The smallest absolute Gasteiger partial charge is 0.137 e. The summed E-state index contributed by atoms with van der Waals surface area (Å²) in [7, 11) is 2.22. The summed E-state index contributed by atoms with van der Waals surface area (Å²) in [6.45, 7) is 2.31. The van der Waals surface area contributed by atoms with Gasteiger partial charge in [-0.1, -0.05) is 189 Å². The predicted molar refractivity (Wildman–Crippen MR) is 293 cm³/mol. The van der Waals surface area contributed by atoms with Gasteiger partial charge in [-0.05, 0) is 114 Å². The molecule has 0 saturated carbocycles. The summed E-state index contributed by atoms with van der Waals surface area (Å²) in [5, 5.41) is 2.61. The second-order valence-electron chi connectivity index (χ2n) is 20.0. The third-order valence-electron chi connectivity index (χ3n) is 16.0. The second-order valence-corrected chi connectivity index (χ2v) is 20.0. The lowest BCUT2D eigenvalue weighted by molar-refractivity contribution is 0.419. The number of fused-ring (bicyclic) bond motifs is 7. The highest BCUT2D eigenvalue weighted by Gasteiger charge is 2.37. The Kier molecular flexibility index (Phi) is 10.7. The lowest BCUT2D eigenvalue weighted by Crippen LogP contribution is -2.35. The third kappa shape index (κ3) is 7.06. The van der Waals surface area contributed by atoms with E-state index < -0.39 is 0 Å². The van der Waals surface area contributed by atoms with Gasteiger partial charge in [0.25, 0.3) is 0 Å². The molecule has 2 aliphatic heterocycles. The highest BCUT2D eigenvalue weighted by Crippen LogP contribution is 2.53. The quantitative estimate of drug-likeness (QED) is 0.159. The number of anilines is 1. The highest BCUT2D eigenvalue weighted by molar-refractivity contribution is 6.11. The molecule has 4 unspecified atom stereocenters. The van der Waals surface area contributed by atoms with Gasteiger partial charge < -0.3 is 14.4 Å². The molecule has 0 N–H and O–H groups in total. The van der Waals surface area contributed by atoms with E-state index in [9.17, 15) is 0 Å². The van der Waals surface area contributed by atoms with Crippen LogP contribution in [0.2, 0.25) is 0 Å². The Bertz CT molecular complexity index is 3460. The van der Waals surface area contributed by atoms with Crippen molar-refractivity contribution in [3.05, 3.63) is 251 Å². The number of para-hydroxylation sites is 2. The maximum atomic E-state index is 5.56. The first-order chi connectivity index (χ1) is 34.6. The molecule has 6 aliphatic rings. The van der Waals surface area contributed by atoms with Gasteiger partial charge in [-0.15, -0.1) is 0 Å². The number of amidine groups is 1. The molecule has 6 aromatic carbocycles. The molecular weight excluding hydrogens is 849 g/mol. The average molecular weight is 907 g/mol. The summed E-state index contributed by atoms with van der Waals surface area (Å²) in [6.07, 6.45) is 30.8. The number of hydrogen-bond acceptors (Lipinski definition) is 3. The molecule has 70 heavy (non-hydrogen) atoms. The Balaban J connectivity index is 0.897. The van der Waals surface area contributed by atoms with Crippen LogP contribution in [0.4, 0.5) is 5.69 Å². The summed E-state index contributed by atoms with van der Waals surface area (Å²) < 4.78 is 2.62. The monoisotopic (exact) mass is 906 g/mol. The topological polar surface area (TPSA) is 23.8 Å². The van der Waals surface area contributed by atoms with Gasteiger partial charge in [0.15, 0.2) is 0 Å². The Labute approximate surface area is 413 Å². The number of allylic oxidation sites excluding steroid dienone is 11. The van der Waals surface area contributed by atoms with Crippen LogP contribution in [0.1, 0.15) is 91.1 Å². The highest BCUT2D eigenvalue weighted by atomic mass is 15.2. The van der Waals surface area contributed by atoms with E-state index in [2.05, 4.69) is 235 Å². The number of rotatable bonds is 7. The van der Waals surface area contributed by atoms with Gasteiger partial charge in [0.2, 0.25) is 0 Å². The number of nitrogens with zero attached hydrogens (tertiary/aromatic N) is 4. The molecule has 0 bridgehead atoms.